The van der Waals surface area contributed by atoms with Crippen LogP contribution in [0.2, 0.25) is 0 Å². The van der Waals surface area contributed by atoms with E-state index >= 15 is 0 Å². The van der Waals surface area contributed by atoms with Gasteiger partial charge in [0.1, 0.15) is 5.54 Å². The first kappa shape index (κ1) is 12.4. The van der Waals surface area contributed by atoms with Crippen LogP contribution in [0.5, 0.6) is 0 Å². The zero-order chi connectivity index (χ0) is 10.3. The molecule has 0 saturated heterocycles. The molecule has 0 aromatic rings. The Balaban J connectivity index is 3.78. The Bertz CT molecular complexity index is 159. The lowest BCUT2D eigenvalue weighted by atomic mass is 9.99. The largest absolute Gasteiger partial charge is 0.480 e. The summed E-state index contributed by atoms with van der Waals surface area (Å²) in [5.74, 6) is -0.758. The Morgan fingerprint density at radius 1 is 1.38 bits per heavy atom. The summed E-state index contributed by atoms with van der Waals surface area (Å²) >= 11 is 0. The molecule has 3 heteroatoms. The van der Waals surface area contributed by atoms with Crippen molar-refractivity contribution >= 4 is 5.97 Å². The molecule has 0 heterocycles. The highest BCUT2D eigenvalue weighted by atomic mass is 16.4. The van der Waals surface area contributed by atoms with Crippen LogP contribution in [0.1, 0.15) is 46.5 Å². The van der Waals surface area contributed by atoms with E-state index < -0.39 is 11.5 Å². The van der Waals surface area contributed by atoms with Gasteiger partial charge in [-0.25, -0.2) is 0 Å². The molecule has 1 atom stereocenters. The van der Waals surface area contributed by atoms with Gasteiger partial charge < -0.3 is 10.4 Å². The van der Waals surface area contributed by atoms with Gasteiger partial charge in [-0.2, -0.15) is 0 Å². The minimum atomic E-state index is -0.758. The maximum atomic E-state index is 10.9. The number of carboxylic acids is 1. The topological polar surface area (TPSA) is 49.3 Å². The standard InChI is InChI=1S/C10H21NO2/c1-4-6-7-8-11-10(3,5-2)9(12)13/h11H,4-8H2,1-3H3,(H,12,13). The Morgan fingerprint density at radius 3 is 2.38 bits per heavy atom. The molecule has 0 aliphatic rings. The zero-order valence-electron chi connectivity index (χ0n) is 8.89. The molecule has 0 saturated carbocycles. The molecule has 0 bridgehead atoms. The summed E-state index contributed by atoms with van der Waals surface area (Å²) in [6.07, 6.45) is 4.00. The first-order valence-corrected chi connectivity index (χ1v) is 5.05. The van der Waals surface area contributed by atoms with Crippen molar-refractivity contribution in [3.63, 3.8) is 0 Å². The summed E-state index contributed by atoms with van der Waals surface area (Å²) in [6, 6.07) is 0. The Hall–Kier alpha value is -0.570. The maximum absolute atomic E-state index is 10.9. The molecule has 78 valence electrons. The molecule has 0 rings (SSSR count). The average Bonchev–Trinajstić information content (AvgIpc) is 2.12. The third kappa shape index (κ3) is 4.27. The number of rotatable bonds is 7. The summed E-state index contributed by atoms with van der Waals surface area (Å²) in [7, 11) is 0. The molecule has 0 spiro atoms. The van der Waals surface area contributed by atoms with E-state index in [1.807, 2.05) is 6.92 Å². The van der Waals surface area contributed by atoms with E-state index in [2.05, 4.69) is 12.2 Å². The van der Waals surface area contributed by atoms with Crippen molar-refractivity contribution in [1.82, 2.24) is 5.32 Å². The Labute approximate surface area is 80.5 Å². The second-order valence-corrected chi connectivity index (χ2v) is 3.62. The van der Waals surface area contributed by atoms with Crippen LogP contribution in [-0.4, -0.2) is 23.2 Å². The lowest BCUT2D eigenvalue weighted by molar-refractivity contribution is -0.144. The van der Waals surface area contributed by atoms with E-state index in [-0.39, 0.29) is 0 Å². The van der Waals surface area contributed by atoms with Gasteiger partial charge in [0.15, 0.2) is 0 Å². The van der Waals surface area contributed by atoms with Crippen LogP contribution in [0.3, 0.4) is 0 Å². The highest BCUT2D eigenvalue weighted by Gasteiger charge is 2.29. The molecule has 1 unspecified atom stereocenters. The van der Waals surface area contributed by atoms with Crippen LogP contribution in [0.25, 0.3) is 0 Å². The second-order valence-electron chi connectivity index (χ2n) is 3.62. The van der Waals surface area contributed by atoms with Gasteiger partial charge in [0.05, 0.1) is 0 Å². The molecular weight excluding hydrogens is 166 g/mol. The number of hydrogen-bond donors (Lipinski definition) is 2. The number of carboxylic acid groups (broad SMARTS) is 1. The van der Waals surface area contributed by atoms with E-state index in [1.165, 1.54) is 0 Å². The number of nitrogens with one attached hydrogen (secondary N) is 1. The second kappa shape index (κ2) is 5.97. The number of unbranched alkanes of at least 4 members (excludes halogenated alkanes) is 2. The molecule has 0 aromatic heterocycles. The molecule has 3 nitrogen and oxygen atoms in total. The van der Waals surface area contributed by atoms with Crippen LogP contribution < -0.4 is 5.32 Å². The summed E-state index contributed by atoms with van der Waals surface area (Å²) in [5, 5.41) is 12.0. The van der Waals surface area contributed by atoms with Gasteiger partial charge in [0, 0.05) is 0 Å². The molecule has 0 fully saturated rings. The third-order valence-electron chi connectivity index (χ3n) is 2.47. The third-order valence-corrected chi connectivity index (χ3v) is 2.47. The highest BCUT2D eigenvalue weighted by molar-refractivity contribution is 5.78. The zero-order valence-corrected chi connectivity index (χ0v) is 8.89. The first-order chi connectivity index (χ1) is 6.06. The fourth-order valence-corrected chi connectivity index (χ4v) is 1.09. The van der Waals surface area contributed by atoms with E-state index in [4.69, 9.17) is 5.11 Å². The van der Waals surface area contributed by atoms with Crippen molar-refractivity contribution < 1.29 is 9.90 Å². The lowest BCUT2D eigenvalue weighted by Gasteiger charge is -2.24. The minimum Gasteiger partial charge on any atom is -0.480 e. The molecule has 2 N–H and O–H groups in total. The monoisotopic (exact) mass is 187 g/mol. The van der Waals surface area contributed by atoms with Gasteiger partial charge in [0.25, 0.3) is 0 Å². The molecule has 0 amide bonds. The van der Waals surface area contributed by atoms with Crippen LogP contribution in [0.4, 0.5) is 0 Å². The fourth-order valence-electron chi connectivity index (χ4n) is 1.09. The van der Waals surface area contributed by atoms with E-state index in [1.54, 1.807) is 6.92 Å². The molecule has 0 aromatic carbocycles. The van der Waals surface area contributed by atoms with Crippen molar-refractivity contribution in [3.05, 3.63) is 0 Å². The van der Waals surface area contributed by atoms with Gasteiger partial charge in [-0.05, 0) is 26.3 Å². The summed E-state index contributed by atoms with van der Waals surface area (Å²) in [6.45, 7) is 6.56. The van der Waals surface area contributed by atoms with Crippen molar-refractivity contribution in [2.45, 2.75) is 52.0 Å². The molecule has 0 aliphatic heterocycles. The van der Waals surface area contributed by atoms with Crippen molar-refractivity contribution in [3.8, 4) is 0 Å². The maximum Gasteiger partial charge on any atom is 0.323 e. The number of carbonyl (C=O) groups is 1. The van der Waals surface area contributed by atoms with E-state index in [0.29, 0.717) is 6.42 Å². The SMILES string of the molecule is CCCCCNC(C)(CC)C(=O)O. The molecule has 0 radical (unpaired) electrons. The van der Waals surface area contributed by atoms with Gasteiger partial charge in [0.2, 0.25) is 0 Å². The number of aliphatic carboxylic acids is 1. The predicted molar refractivity (Wildman–Crippen MR) is 53.9 cm³/mol. The van der Waals surface area contributed by atoms with E-state index in [9.17, 15) is 4.79 Å². The predicted octanol–water partition coefficient (Wildman–Crippen LogP) is 2.02. The number of hydrogen-bond acceptors (Lipinski definition) is 2. The summed E-state index contributed by atoms with van der Waals surface area (Å²) in [4.78, 5) is 10.9. The summed E-state index contributed by atoms with van der Waals surface area (Å²) < 4.78 is 0. The van der Waals surface area contributed by atoms with Gasteiger partial charge in [-0.1, -0.05) is 26.7 Å². The first-order valence-electron chi connectivity index (χ1n) is 5.05. The van der Waals surface area contributed by atoms with Crippen molar-refractivity contribution in [2.75, 3.05) is 6.54 Å². The van der Waals surface area contributed by atoms with Gasteiger partial charge in [-0.3, -0.25) is 4.79 Å². The van der Waals surface area contributed by atoms with E-state index in [0.717, 1.165) is 25.8 Å². The summed E-state index contributed by atoms with van der Waals surface area (Å²) in [5.41, 5.74) is -0.742. The fraction of sp³-hybridized carbons (Fsp3) is 0.900. The smallest absolute Gasteiger partial charge is 0.323 e. The van der Waals surface area contributed by atoms with Crippen LogP contribution in [0.15, 0.2) is 0 Å². The molecule has 13 heavy (non-hydrogen) atoms. The van der Waals surface area contributed by atoms with Crippen molar-refractivity contribution in [1.29, 1.82) is 0 Å². The normalized spacial score (nSPS) is 15.3. The lowest BCUT2D eigenvalue weighted by Crippen LogP contribution is -2.49. The Morgan fingerprint density at radius 2 is 2.00 bits per heavy atom. The Kier molecular flexibility index (Phi) is 5.71. The van der Waals surface area contributed by atoms with Crippen LogP contribution >= 0.6 is 0 Å². The minimum absolute atomic E-state index is 0.620. The highest BCUT2D eigenvalue weighted by Crippen LogP contribution is 2.09. The molecule has 0 aliphatic carbocycles. The quantitative estimate of drug-likeness (QED) is 0.599. The van der Waals surface area contributed by atoms with Gasteiger partial charge >= 0.3 is 5.97 Å². The van der Waals surface area contributed by atoms with Crippen LogP contribution in [-0.2, 0) is 4.79 Å². The van der Waals surface area contributed by atoms with Crippen molar-refractivity contribution in [2.24, 2.45) is 0 Å². The van der Waals surface area contributed by atoms with Crippen LogP contribution in [0, 0.1) is 0 Å². The molecular formula is C10H21NO2. The average molecular weight is 187 g/mol. The van der Waals surface area contributed by atoms with Gasteiger partial charge in [-0.15, -0.1) is 0 Å².